The Morgan fingerprint density at radius 2 is 2.00 bits per heavy atom. The van der Waals surface area contributed by atoms with E-state index in [1.807, 2.05) is 24.3 Å². The first-order valence-electron chi connectivity index (χ1n) is 6.26. The molecule has 20 heavy (non-hydrogen) atoms. The molecule has 0 radical (unpaired) electrons. The maximum atomic E-state index is 11.6. The largest absolute Gasteiger partial charge is 0.497 e. The van der Waals surface area contributed by atoms with E-state index in [0.717, 1.165) is 11.3 Å². The fourth-order valence-electron chi connectivity index (χ4n) is 1.87. The van der Waals surface area contributed by atoms with Crippen molar-refractivity contribution >= 4 is 11.5 Å². The van der Waals surface area contributed by atoms with Crippen molar-refractivity contribution in [3.8, 4) is 11.5 Å². The fraction of sp³-hybridized carbons (Fsp3) is 0.188. The molecule has 0 saturated carbocycles. The van der Waals surface area contributed by atoms with Crippen LogP contribution in [0.15, 0.2) is 42.5 Å². The van der Waals surface area contributed by atoms with E-state index < -0.39 is 0 Å². The summed E-state index contributed by atoms with van der Waals surface area (Å²) in [4.78, 5) is 11.6. The zero-order chi connectivity index (χ0) is 14.5. The molecule has 0 aliphatic carbocycles. The van der Waals surface area contributed by atoms with E-state index in [9.17, 15) is 4.79 Å². The summed E-state index contributed by atoms with van der Waals surface area (Å²) in [5.74, 6) is 1.24. The summed E-state index contributed by atoms with van der Waals surface area (Å²) in [6.45, 7) is 1.86. The van der Waals surface area contributed by atoms with Crippen LogP contribution in [0.25, 0.3) is 0 Å². The molecule has 2 aromatic rings. The number of nitrogen functional groups attached to an aromatic ring is 1. The van der Waals surface area contributed by atoms with Crippen molar-refractivity contribution in [1.29, 1.82) is 0 Å². The first-order chi connectivity index (χ1) is 9.60. The lowest BCUT2D eigenvalue weighted by Crippen LogP contribution is -2.03. The first kappa shape index (κ1) is 13.9. The van der Waals surface area contributed by atoms with Crippen LogP contribution >= 0.6 is 0 Å². The molecule has 2 aromatic carbocycles. The molecule has 0 unspecified atom stereocenters. The van der Waals surface area contributed by atoms with Crippen molar-refractivity contribution in [1.82, 2.24) is 0 Å². The van der Waals surface area contributed by atoms with Crippen LogP contribution in [0.3, 0.4) is 0 Å². The van der Waals surface area contributed by atoms with Crippen LogP contribution in [-0.2, 0) is 6.61 Å². The SMILES string of the molecule is COc1cccc(COc2ccc(N)cc2C(C)=O)c1. The maximum absolute atomic E-state index is 11.6. The van der Waals surface area contributed by atoms with Gasteiger partial charge in [0.1, 0.15) is 18.1 Å². The van der Waals surface area contributed by atoms with E-state index in [-0.39, 0.29) is 5.78 Å². The molecule has 2 rings (SSSR count). The summed E-state index contributed by atoms with van der Waals surface area (Å²) in [5.41, 5.74) is 7.69. The molecule has 0 heterocycles. The topological polar surface area (TPSA) is 61.6 Å². The summed E-state index contributed by atoms with van der Waals surface area (Å²) < 4.78 is 10.9. The van der Waals surface area contributed by atoms with E-state index in [2.05, 4.69) is 0 Å². The average Bonchev–Trinajstić information content (AvgIpc) is 2.46. The second-order valence-corrected chi connectivity index (χ2v) is 4.45. The predicted octanol–water partition coefficient (Wildman–Crippen LogP) is 3.06. The summed E-state index contributed by atoms with van der Waals surface area (Å²) in [5, 5.41) is 0. The number of ketones is 1. The van der Waals surface area contributed by atoms with E-state index in [1.165, 1.54) is 6.92 Å². The molecule has 0 saturated heterocycles. The number of benzene rings is 2. The minimum atomic E-state index is -0.0713. The van der Waals surface area contributed by atoms with E-state index >= 15 is 0 Å². The maximum Gasteiger partial charge on any atom is 0.163 e. The third-order valence-corrected chi connectivity index (χ3v) is 2.91. The molecule has 4 heteroatoms. The van der Waals surface area contributed by atoms with Gasteiger partial charge in [0.05, 0.1) is 12.7 Å². The van der Waals surface area contributed by atoms with Gasteiger partial charge in [-0.2, -0.15) is 0 Å². The highest BCUT2D eigenvalue weighted by Crippen LogP contribution is 2.23. The summed E-state index contributed by atoms with van der Waals surface area (Å²) in [6, 6.07) is 12.7. The molecule has 104 valence electrons. The smallest absolute Gasteiger partial charge is 0.163 e. The van der Waals surface area contributed by atoms with Gasteiger partial charge in [-0.15, -0.1) is 0 Å². The van der Waals surface area contributed by atoms with Crippen molar-refractivity contribution in [3.63, 3.8) is 0 Å². The highest BCUT2D eigenvalue weighted by atomic mass is 16.5. The number of Topliss-reactive ketones (excluding diaryl/α,β-unsaturated/α-hetero) is 1. The number of anilines is 1. The molecule has 4 nitrogen and oxygen atoms in total. The number of carbonyl (C=O) groups is 1. The van der Waals surface area contributed by atoms with Crippen LogP contribution in [0.4, 0.5) is 5.69 Å². The summed E-state index contributed by atoms with van der Waals surface area (Å²) in [6.07, 6.45) is 0. The second kappa shape index (κ2) is 6.10. The van der Waals surface area contributed by atoms with E-state index in [4.69, 9.17) is 15.2 Å². The Balaban J connectivity index is 2.16. The van der Waals surface area contributed by atoms with Gasteiger partial charge in [0.25, 0.3) is 0 Å². The normalized spacial score (nSPS) is 10.1. The lowest BCUT2D eigenvalue weighted by molar-refractivity contribution is 0.101. The molecule has 0 spiro atoms. The zero-order valence-electron chi connectivity index (χ0n) is 11.6. The van der Waals surface area contributed by atoms with Gasteiger partial charge in [0, 0.05) is 5.69 Å². The van der Waals surface area contributed by atoms with Crippen molar-refractivity contribution in [2.75, 3.05) is 12.8 Å². The molecule has 0 fully saturated rings. The molecule has 0 aliphatic rings. The minimum absolute atomic E-state index is 0.0713. The average molecular weight is 271 g/mol. The number of hydrogen-bond donors (Lipinski definition) is 1. The van der Waals surface area contributed by atoms with Gasteiger partial charge < -0.3 is 15.2 Å². The highest BCUT2D eigenvalue weighted by Gasteiger charge is 2.09. The van der Waals surface area contributed by atoms with Crippen molar-refractivity contribution < 1.29 is 14.3 Å². The molecule has 0 aromatic heterocycles. The molecule has 2 N–H and O–H groups in total. The van der Waals surface area contributed by atoms with Crippen molar-refractivity contribution in [2.45, 2.75) is 13.5 Å². The Morgan fingerprint density at radius 3 is 2.70 bits per heavy atom. The number of methoxy groups -OCH3 is 1. The Bertz CT molecular complexity index is 623. The van der Waals surface area contributed by atoms with E-state index in [0.29, 0.717) is 23.6 Å². The first-order valence-corrected chi connectivity index (χ1v) is 6.26. The molecule has 0 aliphatic heterocycles. The van der Waals surface area contributed by atoms with Gasteiger partial charge in [0.2, 0.25) is 0 Å². The van der Waals surface area contributed by atoms with Crippen LogP contribution in [0.1, 0.15) is 22.8 Å². The van der Waals surface area contributed by atoms with Gasteiger partial charge in [-0.1, -0.05) is 12.1 Å². The number of carbonyl (C=O) groups excluding carboxylic acids is 1. The third kappa shape index (κ3) is 3.29. The van der Waals surface area contributed by atoms with Gasteiger partial charge >= 0.3 is 0 Å². The molecular weight excluding hydrogens is 254 g/mol. The van der Waals surface area contributed by atoms with Crippen molar-refractivity contribution in [3.05, 3.63) is 53.6 Å². The van der Waals surface area contributed by atoms with Crippen LogP contribution < -0.4 is 15.2 Å². The van der Waals surface area contributed by atoms with Crippen LogP contribution in [0.2, 0.25) is 0 Å². The van der Waals surface area contributed by atoms with Gasteiger partial charge in [-0.3, -0.25) is 4.79 Å². The highest BCUT2D eigenvalue weighted by molar-refractivity contribution is 5.97. The predicted molar refractivity (Wildman–Crippen MR) is 78.2 cm³/mol. The molecular formula is C16H17NO3. The van der Waals surface area contributed by atoms with Crippen LogP contribution in [-0.4, -0.2) is 12.9 Å². The number of rotatable bonds is 5. The lowest BCUT2D eigenvalue weighted by atomic mass is 10.1. The quantitative estimate of drug-likeness (QED) is 0.670. The Kier molecular flexibility index (Phi) is 4.25. The monoisotopic (exact) mass is 271 g/mol. The molecule has 0 bridgehead atoms. The van der Waals surface area contributed by atoms with Gasteiger partial charge in [-0.25, -0.2) is 0 Å². The standard InChI is InChI=1S/C16H17NO3/c1-11(18)15-9-13(17)6-7-16(15)20-10-12-4-3-5-14(8-12)19-2/h3-9H,10,17H2,1-2H3. The lowest BCUT2D eigenvalue weighted by Gasteiger charge is -2.11. The fourth-order valence-corrected chi connectivity index (χ4v) is 1.87. The number of nitrogens with two attached hydrogens (primary N) is 1. The minimum Gasteiger partial charge on any atom is -0.497 e. The number of hydrogen-bond acceptors (Lipinski definition) is 4. The second-order valence-electron chi connectivity index (χ2n) is 4.45. The van der Waals surface area contributed by atoms with Crippen molar-refractivity contribution in [2.24, 2.45) is 0 Å². The summed E-state index contributed by atoms with van der Waals surface area (Å²) >= 11 is 0. The van der Waals surface area contributed by atoms with Crippen LogP contribution in [0.5, 0.6) is 11.5 Å². The molecule has 0 atom stereocenters. The Labute approximate surface area is 118 Å². The Morgan fingerprint density at radius 1 is 1.20 bits per heavy atom. The van der Waals surface area contributed by atoms with Gasteiger partial charge in [0.15, 0.2) is 5.78 Å². The van der Waals surface area contributed by atoms with Crippen LogP contribution in [0, 0.1) is 0 Å². The van der Waals surface area contributed by atoms with E-state index in [1.54, 1.807) is 25.3 Å². The number of ether oxygens (including phenoxy) is 2. The Hall–Kier alpha value is -2.49. The molecule has 0 amide bonds. The summed E-state index contributed by atoms with van der Waals surface area (Å²) in [7, 11) is 1.62. The van der Waals surface area contributed by atoms with Gasteiger partial charge in [-0.05, 0) is 42.8 Å². The third-order valence-electron chi connectivity index (χ3n) is 2.91. The zero-order valence-corrected chi connectivity index (χ0v) is 11.6.